The van der Waals surface area contributed by atoms with Crippen molar-refractivity contribution >= 4 is 17.8 Å². The Bertz CT molecular complexity index is 832. The van der Waals surface area contributed by atoms with Gasteiger partial charge in [-0.2, -0.15) is 0 Å². The molecule has 0 radical (unpaired) electrons. The first-order chi connectivity index (χ1) is 12.0. The molecule has 1 aromatic rings. The van der Waals surface area contributed by atoms with Gasteiger partial charge in [0.2, 0.25) is 0 Å². The Morgan fingerprint density at radius 3 is 3.16 bits per heavy atom. The molecule has 4 N–H and O–H groups in total. The summed E-state index contributed by atoms with van der Waals surface area (Å²) < 4.78 is 13.3. The van der Waals surface area contributed by atoms with Crippen LogP contribution in [0.1, 0.15) is 11.1 Å². The summed E-state index contributed by atoms with van der Waals surface area (Å²) in [6.45, 7) is 1.71. The topological polar surface area (TPSA) is 98.9 Å². The van der Waals surface area contributed by atoms with E-state index in [1.807, 2.05) is 13.2 Å². The Hall–Kier alpha value is -2.62. The molecule has 25 heavy (non-hydrogen) atoms. The molecule has 3 aliphatic rings. The van der Waals surface area contributed by atoms with E-state index < -0.39 is 12.0 Å². The first-order valence-corrected chi connectivity index (χ1v) is 7.95. The molecule has 0 saturated carbocycles. The van der Waals surface area contributed by atoms with Gasteiger partial charge < -0.3 is 16.0 Å². The molecule has 0 bridgehead atoms. The van der Waals surface area contributed by atoms with Crippen LogP contribution in [0, 0.1) is 0 Å². The fourth-order valence-corrected chi connectivity index (χ4v) is 3.23. The number of rotatable bonds is 2. The van der Waals surface area contributed by atoms with Gasteiger partial charge >= 0.3 is 0 Å². The van der Waals surface area contributed by atoms with Crippen molar-refractivity contribution in [2.75, 3.05) is 18.9 Å². The highest BCUT2D eigenvalue weighted by Gasteiger charge is 2.34. The predicted octanol–water partition coefficient (Wildman–Crippen LogP) is 0.220. The molecule has 8 nitrogen and oxygen atoms in total. The number of hydrogen-bond acceptors (Lipinski definition) is 7. The highest BCUT2D eigenvalue weighted by Crippen LogP contribution is 2.28. The number of pyridine rings is 1. The third-order valence-corrected chi connectivity index (χ3v) is 4.44. The van der Waals surface area contributed by atoms with E-state index in [1.165, 1.54) is 11.2 Å². The van der Waals surface area contributed by atoms with E-state index >= 15 is 0 Å². The number of nitrogens with two attached hydrogens (primary N) is 1. The zero-order chi connectivity index (χ0) is 17.6. The van der Waals surface area contributed by atoms with Gasteiger partial charge in [-0.1, -0.05) is 0 Å². The number of nitrogens with one attached hydrogen (secondary N) is 2. The number of amides is 1. The maximum absolute atomic E-state index is 13.3. The smallest absolute Gasteiger partial charge is 0.258 e. The summed E-state index contributed by atoms with van der Waals surface area (Å²) in [6, 6.07) is 0. The molecule has 0 aromatic carbocycles. The van der Waals surface area contributed by atoms with Gasteiger partial charge in [0.15, 0.2) is 11.6 Å². The van der Waals surface area contributed by atoms with Crippen molar-refractivity contribution in [1.29, 1.82) is 0 Å². The quantitative estimate of drug-likeness (QED) is 0.711. The molecule has 0 spiro atoms. The van der Waals surface area contributed by atoms with E-state index in [0.29, 0.717) is 11.5 Å². The summed E-state index contributed by atoms with van der Waals surface area (Å²) in [5.41, 5.74) is 11.9. The summed E-state index contributed by atoms with van der Waals surface area (Å²) in [7, 11) is 2.05. The number of allylic oxidation sites excluding steroid dienone is 1. The van der Waals surface area contributed by atoms with Crippen LogP contribution < -0.4 is 16.5 Å². The molecule has 130 valence electrons. The average molecular weight is 343 g/mol. The Kier molecular flexibility index (Phi) is 3.83. The summed E-state index contributed by atoms with van der Waals surface area (Å²) in [5, 5.41) is 4.21. The highest BCUT2D eigenvalue weighted by atomic mass is 19.1. The second-order valence-electron chi connectivity index (χ2n) is 6.25. The lowest BCUT2D eigenvalue weighted by atomic mass is 10.0. The molecule has 4 heterocycles. The largest absolute Gasteiger partial charge is 0.320 e. The lowest BCUT2D eigenvalue weighted by Gasteiger charge is -2.26. The van der Waals surface area contributed by atoms with Gasteiger partial charge in [0, 0.05) is 19.3 Å². The molecule has 1 aromatic heterocycles. The fraction of sp³-hybridized carbons (Fsp3) is 0.312. The number of fused-ring (bicyclic) bond motifs is 2. The van der Waals surface area contributed by atoms with E-state index in [4.69, 9.17) is 5.73 Å². The van der Waals surface area contributed by atoms with Gasteiger partial charge in [-0.3, -0.25) is 14.8 Å². The van der Waals surface area contributed by atoms with Crippen LogP contribution in [0.4, 0.5) is 10.1 Å². The first-order valence-electron chi connectivity index (χ1n) is 7.95. The number of hydrogen-bond donors (Lipinski definition) is 3. The summed E-state index contributed by atoms with van der Waals surface area (Å²) in [4.78, 5) is 23.2. The molecule has 9 heteroatoms. The van der Waals surface area contributed by atoms with Crippen molar-refractivity contribution in [3.8, 4) is 0 Å². The van der Waals surface area contributed by atoms with Gasteiger partial charge in [0.25, 0.3) is 5.91 Å². The molecular weight excluding hydrogens is 325 g/mol. The van der Waals surface area contributed by atoms with Crippen molar-refractivity contribution < 1.29 is 9.18 Å². The number of carbonyl (C=O) groups is 1. The molecule has 0 saturated heterocycles. The fourth-order valence-electron chi connectivity index (χ4n) is 3.23. The van der Waals surface area contributed by atoms with E-state index in [-0.39, 0.29) is 11.5 Å². The maximum Gasteiger partial charge on any atom is 0.258 e. The minimum Gasteiger partial charge on any atom is -0.320 e. The molecule has 1 amide bonds. The van der Waals surface area contributed by atoms with Gasteiger partial charge in [-0.15, -0.1) is 0 Å². The molecule has 4 rings (SSSR count). The van der Waals surface area contributed by atoms with Crippen molar-refractivity contribution in [2.45, 2.75) is 19.1 Å². The number of carbonyl (C=O) groups excluding carboxylic acids is 1. The zero-order valence-electron chi connectivity index (χ0n) is 13.7. The van der Waals surface area contributed by atoms with Crippen LogP contribution in [0.2, 0.25) is 0 Å². The van der Waals surface area contributed by atoms with Gasteiger partial charge in [-0.25, -0.2) is 14.8 Å². The van der Waals surface area contributed by atoms with Gasteiger partial charge in [0.05, 0.1) is 29.9 Å². The number of likely N-dealkylation sites (N-methyl/N-ethyl adjacent to an activating group) is 1. The van der Waals surface area contributed by atoms with Crippen LogP contribution in [-0.2, 0) is 17.8 Å². The van der Waals surface area contributed by atoms with Crippen LogP contribution in [0.15, 0.2) is 40.8 Å². The molecule has 0 fully saturated rings. The number of aliphatic imine (C=N–C) groups is 1. The summed E-state index contributed by atoms with van der Waals surface area (Å²) in [6.07, 6.45) is 5.78. The number of halogens is 1. The van der Waals surface area contributed by atoms with Crippen LogP contribution in [0.25, 0.3) is 0 Å². The van der Waals surface area contributed by atoms with Crippen molar-refractivity contribution in [3.63, 3.8) is 0 Å². The predicted molar refractivity (Wildman–Crippen MR) is 90.6 cm³/mol. The van der Waals surface area contributed by atoms with Gasteiger partial charge in [-0.05, 0) is 24.6 Å². The van der Waals surface area contributed by atoms with Crippen LogP contribution in [0.5, 0.6) is 0 Å². The monoisotopic (exact) mass is 343 g/mol. The van der Waals surface area contributed by atoms with E-state index in [2.05, 4.69) is 25.6 Å². The second-order valence-corrected chi connectivity index (χ2v) is 6.25. The maximum atomic E-state index is 13.3. The normalized spacial score (nSPS) is 22.6. The third kappa shape index (κ3) is 2.82. The molecule has 3 aliphatic heterocycles. The Morgan fingerprint density at radius 2 is 2.32 bits per heavy atom. The SMILES string of the molecule is CN1CCc2c(cncc2NC(=O)C2=C3N=CC(F)=CN3NC2N)C1. The van der Waals surface area contributed by atoms with Crippen molar-refractivity contribution in [1.82, 2.24) is 20.3 Å². The number of anilines is 1. The molecule has 0 aliphatic carbocycles. The zero-order valence-corrected chi connectivity index (χ0v) is 13.7. The Morgan fingerprint density at radius 1 is 1.48 bits per heavy atom. The van der Waals surface area contributed by atoms with E-state index in [1.54, 1.807) is 6.20 Å². The van der Waals surface area contributed by atoms with Crippen LogP contribution in [0.3, 0.4) is 0 Å². The number of hydrazine groups is 1. The standard InChI is InChI=1S/C16H18FN7O/c1-23-3-2-11-9(7-23)4-19-6-12(11)21-16(25)13-14(18)22-24-8-10(17)5-20-15(13)24/h4-6,8,14,22H,2-3,7,18H2,1H3,(H,21,25). The van der Waals surface area contributed by atoms with E-state index in [0.717, 1.165) is 36.9 Å². The highest BCUT2D eigenvalue weighted by molar-refractivity contribution is 6.06. The van der Waals surface area contributed by atoms with Gasteiger partial charge in [0.1, 0.15) is 6.17 Å². The van der Waals surface area contributed by atoms with Crippen LogP contribution in [-0.4, -0.2) is 46.8 Å². The summed E-state index contributed by atoms with van der Waals surface area (Å²) in [5.74, 6) is -0.598. The minimum absolute atomic E-state index is 0.255. The summed E-state index contributed by atoms with van der Waals surface area (Å²) >= 11 is 0. The Labute approximate surface area is 143 Å². The lowest BCUT2D eigenvalue weighted by molar-refractivity contribution is -0.113. The molecular formula is C16H18FN7O. The lowest BCUT2D eigenvalue weighted by Crippen LogP contribution is -2.42. The van der Waals surface area contributed by atoms with Crippen molar-refractivity contribution in [2.24, 2.45) is 10.7 Å². The average Bonchev–Trinajstić information content (AvgIpc) is 2.89. The second kappa shape index (κ2) is 6.03. The molecule has 1 atom stereocenters. The third-order valence-electron chi connectivity index (χ3n) is 4.44. The van der Waals surface area contributed by atoms with Crippen molar-refractivity contribution in [3.05, 3.63) is 46.9 Å². The van der Waals surface area contributed by atoms with Crippen LogP contribution >= 0.6 is 0 Å². The minimum atomic E-state index is -0.770. The number of aromatic nitrogens is 1. The number of nitrogens with zero attached hydrogens (tertiary/aromatic N) is 4. The molecule has 1 unspecified atom stereocenters. The van der Waals surface area contributed by atoms with E-state index in [9.17, 15) is 9.18 Å². The Balaban J connectivity index is 1.62. The first kappa shape index (κ1) is 15.9.